The molecular formula is C31H47NO2. The summed E-state index contributed by atoms with van der Waals surface area (Å²) in [7, 11) is 0. The standard InChI is InChI=1S/C31H47NO2/c1-12-13-14-32(19-22-15-21(2)16-25(27(22)33)30(6,7)8)20-23-17-24(29(3,4)5)18-26(28(23)34)31(9,10)11/h12,15-18,33-34H,1,13-14,19-20H2,2-11H3. The summed E-state index contributed by atoms with van der Waals surface area (Å²) in [6.07, 6.45) is 2.76. The van der Waals surface area contributed by atoms with Gasteiger partial charge in [0.15, 0.2) is 0 Å². The molecular weight excluding hydrogens is 418 g/mol. The second-order valence-electron chi connectivity index (χ2n) is 12.9. The van der Waals surface area contributed by atoms with Gasteiger partial charge in [0.2, 0.25) is 0 Å². The summed E-state index contributed by atoms with van der Waals surface area (Å²) in [4.78, 5) is 2.30. The van der Waals surface area contributed by atoms with Crippen LogP contribution in [0.2, 0.25) is 0 Å². The van der Waals surface area contributed by atoms with E-state index in [2.05, 4.69) is 105 Å². The van der Waals surface area contributed by atoms with E-state index in [9.17, 15) is 10.2 Å². The van der Waals surface area contributed by atoms with Gasteiger partial charge in [-0.2, -0.15) is 0 Å². The molecule has 2 N–H and O–H groups in total. The summed E-state index contributed by atoms with van der Waals surface area (Å²) in [5.74, 6) is 0.762. The summed E-state index contributed by atoms with van der Waals surface area (Å²) in [6, 6.07) is 8.48. The van der Waals surface area contributed by atoms with Crippen molar-refractivity contribution in [2.75, 3.05) is 6.54 Å². The third kappa shape index (κ3) is 6.88. The first kappa shape index (κ1) is 28.0. The average molecular weight is 466 g/mol. The molecule has 2 rings (SSSR count). The Kier molecular flexibility index (Phi) is 8.36. The maximum absolute atomic E-state index is 11.3. The van der Waals surface area contributed by atoms with Crippen LogP contribution in [0.4, 0.5) is 0 Å². The van der Waals surface area contributed by atoms with Gasteiger partial charge in [-0.25, -0.2) is 0 Å². The monoisotopic (exact) mass is 465 g/mol. The fourth-order valence-corrected chi connectivity index (χ4v) is 4.34. The minimum absolute atomic E-state index is 0.0230. The zero-order valence-corrected chi connectivity index (χ0v) is 23.3. The van der Waals surface area contributed by atoms with Crippen LogP contribution in [-0.2, 0) is 29.3 Å². The number of aromatic hydroxyl groups is 2. The zero-order valence-electron chi connectivity index (χ0n) is 23.3. The first-order valence-corrected chi connectivity index (χ1v) is 12.5. The lowest BCUT2D eigenvalue weighted by Crippen LogP contribution is -2.26. The van der Waals surface area contributed by atoms with Crippen LogP contribution in [0.15, 0.2) is 36.9 Å². The molecule has 2 aromatic carbocycles. The number of nitrogens with zero attached hydrogens (tertiary/aromatic N) is 1. The molecule has 0 aliphatic carbocycles. The molecule has 0 atom stereocenters. The summed E-state index contributed by atoms with van der Waals surface area (Å²) in [5, 5.41) is 22.5. The van der Waals surface area contributed by atoms with E-state index in [-0.39, 0.29) is 16.2 Å². The molecule has 0 aromatic heterocycles. The second kappa shape index (κ2) is 10.2. The molecule has 0 saturated heterocycles. The van der Waals surface area contributed by atoms with Gasteiger partial charge < -0.3 is 10.2 Å². The van der Waals surface area contributed by atoms with Gasteiger partial charge in [0, 0.05) is 30.8 Å². The number of rotatable bonds is 7. The number of phenols is 2. The van der Waals surface area contributed by atoms with Crippen LogP contribution in [0, 0.1) is 6.92 Å². The van der Waals surface area contributed by atoms with Crippen molar-refractivity contribution in [3.8, 4) is 11.5 Å². The van der Waals surface area contributed by atoms with E-state index in [1.807, 2.05) is 6.08 Å². The Labute approximate surface area is 208 Å². The van der Waals surface area contributed by atoms with Gasteiger partial charge >= 0.3 is 0 Å². The van der Waals surface area contributed by atoms with Crippen molar-refractivity contribution < 1.29 is 10.2 Å². The van der Waals surface area contributed by atoms with Crippen LogP contribution < -0.4 is 0 Å². The first-order valence-electron chi connectivity index (χ1n) is 12.5. The Morgan fingerprint density at radius 2 is 1.21 bits per heavy atom. The van der Waals surface area contributed by atoms with Gasteiger partial charge in [-0.15, -0.1) is 6.58 Å². The smallest absolute Gasteiger partial charge is 0.123 e. The van der Waals surface area contributed by atoms with Crippen molar-refractivity contribution >= 4 is 0 Å². The van der Waals surface area contributed by atoms with Crippen LogP contribution in [0.1, 0.15) is 102 Å². The Bertz CT molecular complexity index is 1010. The van der Waals surface area contributed by atoms with Crippen molar-refractivity contribution in [3.63, 3.8) is 0 Å². The third-order valence-corrected chi connectivity index (χ3v) is 6.44. The molecule has 3 nitrogen and oxygen atoms in total. The largest absolute Gasteiger partial charge is 0.507 e. The Balaban J connectivity index is 2.55. The molecule has 2 aromatic rings. The van der Waals surface area contributed by atoms with E-state index in [1.165, 1.54) is 5.56 Å². The molecule has 0 radical (unpaired) electrons. The van der Waals surface area contributed by atoms with Gasteiger partial charge in [-0.1, -0.05) is 98.2 Å². The van der Waals surface area contributed by atoms with Crippen LogP contribution in [0.3, 0.4) is 0 Å². The molecule has 0 heterocycles. The lowest BCUT2D eigenvalue weighted by molar-refractivity contribution is 0.253. The van der Waals surface area contributed by atoms with Crippen LogP contribution in [-0.4, -0.2) is 21.7 Å². The number of aryl methyl sites for hydroxylation is 1. The van der Waals surface area contributed by atoms with E-state index in [4.69, 9.17) is 0 Å². The predicted molar refractivity (Wildman–Crippen MR) is 146 cm³/mol. The highest BCUT2D eigenvalue weighted by molar-refractivity contribution is 5.49. The fraction of sp³-hybridized carbons (Fsp3) is 0.548. The third-order valence-electron chi connectivity index (χ3n) is 6.44. The average Bonchev–Trinajstić information content (AvgIpc) is 2.67. The number of hydrogen-bond donors (Lipinski definition) is 2. The van der Waals surface area contributed by atoms with Gasteiger partial charge in [0.1, 0.15) is 11.5 Å². The molecule has 0 amide bonds. The SMILES string of the molecule is C=CCCN(Cc1cc(C)cc(C(C)(C)C)c1O)Cc1cc(C(C)(C)C)cc(C(C)(C)C)c1O. The number of benzene rings is 2. The van der Waals surface area contributed by atoms with E-state index < -0.39 is 0 Å². The number of hydrogen-bond acceptors (Lipinski definition) is 3. The normalized spacial score (nSPS) is 12.9. The minimum Gasteiger partial charge on any atom is -0.507 e. The van der Waals surface area contributed by atoms with Crippen molar-refractivity contribution in [3.05, 3.63) is 70.3 Å². The van der Waals surface area contributed by atoms with Gasteiger partial charge in [-0.05, 0) is 46.3 Å². The maximum Gasteiger partial charge on any atom is 0.123 e. The molecule has 0 unspecified atom stereocenters. The van der Waals surface area contributed by atoms with Gasteiger partial charge in [0.05, 0.1) is 0 Å². The van der Waals surface area contributed by atoms with Crippen LogP contribution in [0.25, 0.3) is 0 Å². The molecule has 0 aliphatic heterocycles. The lowest BCUT2D eigenvalue weighted by atomic mass is 9.79. The van der Waals surface area contributed by atoms with E-state index in [0.717, 1.165) is 40.8 Å². The van der Waals surface area contributed by atoms with Crippen molar-refractivity contribution in [2.45, 2.75) is 105 Å². The van der Waals surface area contributed by atoms with E-state index in [0.29, 0.717) is 24.6 Å². The Morgan fingerprint density at radius 1 is 0.735 bits per heavy atom. The topological polar surface area (TPSA) is 43.7 Å². The van der Waals surface area contributed by atoms with Gasteiger partial charge in [-0.3, -0.25) is 4.90 Å². The molecule has 3 heteroatoms. The lowest BCUT2D eigenvalue weighted by Gasteiger charge is -2.30. The molecule has 0 saturated carbocycles. The first-order chi connectivity index (χ1) is 15.4. The highest BCUT2D eigenvalue weighted by Crippen LogP contribution is 2.39. The molecule has 0 fully saturated rings. The molecule has 0 bridgehead atoms. The Hall–Kier alpha value is -2.26. The summed E-state index contributed by atoms with van der Waals surface area (Å²) >= 11 is 0. The minimum atomic E-state index is -0.164. The molecule has 0 spiro atoms. The second-order valence-corrected chi connectivity index (χ2v) is 12.9. The van der Waals surface area contributed by atoms with Crippen molar-refractivity contribution in [1.29, 1.82) is 0 Å². The summed E-state index contributed by atoms with van der Waals surface area (Å²) < 4.78 is 0. The zero-order chi connectivity index (χ0) is 26.1. The van der Waals surface area contributed by atoms with E-state index in [1.54, 1.807) is 0 Å². The van der Waals surface area contributed by atoms with Crippen molar-refractivity contribution in [2.24, 2.45) is 0 Å². The summed E-state index contributed by atoms with van der Waals surface area (Å²) in [6.45, 7) is 27.5. The van der Waals surface area contributed by atoms with Crippen molar-refractivity contribution in [1.82, 2.24) is 4.90 Å². The van der Waals surface area contributed by atoms with E-state index >= 15 is 0 Å². The highest BCUT2D eigenvalue weighted by atomic mass is 16.3. The van der Waals surface area contributed by atoms with Gasteiger partial charge in [0.25, 0.3) is 0 Å². The predicted octanol–water partition coefficient (Wildman–Crippen LogP) is 7.88. The molecule has 0 aliphatic rings. The fourth-order valence-electron chi connectivity index (χ4n) is 4.34. The maximum atomic E-state index is 11.3. The quantitative estimate of drug-likeness (QED) is 0.409. The Morgan fingerprint density at radius 3 is 1.65 bits per heavy atom. The summed E-state index contributed by atoms with van der Waals surface area (Å²) in [5.41, 5.74) is 5.86. The van der Waals surface area contributed by atoms with Crippen LogP contribution >= 0.6 is 0 Å². The highest BCUT2D eigenvalue weighted by Gasteiger charge is 2.26. The number of phenolic OH excluding ortho intramolecular Hbond substituents is 2. The molecule has 188 valence electrons. The molecule has 34 heavy (non-hydrogen) atoms. The van der Waals surface area contributed by atoms with Crippen LogP contribution in [0.5, 0.6) is 11.5 Å².